The lowest BCUT2D eigenvalue weighted by molar-refractivity contribution is 0.244. The van der Waals surface area contributed by atoms with Crippen molar-refractivity contribution in [2.24, 2.45) is 13.0 Å². The van der Waals surface area contributed by atoms with Crippen LogP contribution in [-0.2, 0) is 20.0 Å². The molecule has 4 heteroatoms. The maximum absolute atomic E-state index is 12.7. The lowest BCUT2D eigenvalue weighted by Gasteiger charge is -2.31. The molecule has 1 aliphatic carbocycles. The quantitative estimate of drug-likeness (QED) is 0.740. The second-order valence-electron chi connectivity index (χ2n) is 8.20. The third kappa shape index (κ3) is 4.11. The van der Waals surface area contributed by atoms with Crippen molar-refractivity contribution in [1.82, 2.24) is 9.47 Å². The molecule has 144 valence electrons. The van der Waals surface area contributed by atoms with Gasteiger partial charge in [0.2, 0.25) is 0 Å². The number of fused-ring (bicyclic) bond motifs is 1. The molecule has 4 rings (SSSR count). The molecule has 1 aromatic carbocycles. The molecule has 0 unspecified atom stereocenters. The van der Waals surface area contributed by atoms with Gasteiger partial charge in [0, 0.05) is 45.1 Å². The van der Waals surface area contributed by atoms with E-state index in [0.717, 1.165) is 49.6 Å². The van der Waals surface area contributed by atoms with Crippen molar-refractivity contribution in [2.45, 2.75) is 45.6 Å². The molecule has 2 heterocycles. The van der Waals surface area contributed by atoms with Crippen molar-refractivity contribution in [3.8, 4) is 0 Å². The van der Waals surface area contributed by atoms with Crippen LogP contribution in [0.15, 0.2) is 41.3 Å². The Morgan fingerprint density at radius 2 is 2.04 bits per heavy atom. The summed E-state index contributed by atoms with van der Waals surface area (Å²) >= 11 is 0. The van der Waals surface area contributed by atoms with Crippen LogP contribution >= 0.6 is 0 Å². The van der Waals surface area contributed by atoms with Crippen LogP contribution in [0.4, 0.5) is 11.4 Å². The third-order valence-electron chi connectivity index (χ3n) is 5.94. The van der Waals surface area contributed by atoms with Gasteiger partial charge in [0.05, 0.1) is 0 Å². The molecular weight excluding hydrogens is 334 g/mol. The van der Waals surface area contributed by atoms with Gasteiger partial charge in [0.15, 0.2) is 0 Å². The van der Waals surface area contributed by atoms with E-state index in [1.807, 2.05) is 25.4 Å². The summed E-state index contributed by atoms with van der Waals surface area (Å²) < 4.78 is 1.67. The number of aromatic nitrogens is 1. The van der Waals surface area contributed by atoms with Crippen LogP contribution in [0.1, 0.15) is 43.7 Å². The molecule has 1 aromatic heterocycles. The van der Waals surface area contributed by atoms with Crippen molar-refractivity contribution < 1.29 is 0 Å². The summed E-state index contributed by atoms with van der Waals surface area (Å²) in [5.74, 6) is 0.933. The SMILES string of the molecule is CCCCN(c1ccc2c(c1)CN(CC1CC1)CC2)c1cccn(C)c1=O. The van der Waals surface area contributed by atoms with E-state index in [2.05, 4.69) is 34.9 Å². The Bertz CT molecular complexity index is 853. The van der Waals surface area contributed by atoms with Crippen LogP contribution < -0.4 is 10.5 Å². The Balaban J connectivity index is 1.64. The summed E-state index contributed by atoms with van der Waals surface area (Å²) in [6.07, 6.45) is 7.97. The summed E-state index contributed by atoms with van der Waals surface area (Å²) in [6, 6.07) is 10.7. The first-order chi connectivity index (χ1) is 13.2. The predicted octanol–water partition coefficient (Wildman–Crippen LogP) is 4.09. The first-order valence-electron chi connectivity index (χ1n) is 10.4. The van der Waals surface area contributed by atoms with Gasteiger partial charge in [-0.1, -0.05) is 19.4 Å². The zero-order valence-electron chi connectivity index (χ0n) is 16.7. The van der Waals surface area contributed by atoms with E-state index in [4.69, 9.17) is 0 Å². The number of hydrogen-bond acceptors (Lipinski definition) is 3. The number of anilines is 2. The fraction of sp³-hybridized carbons (Fsp3) is 0.522. The molecule has 0 saturated heterocycles. The molecule has 0 spiro atoms. The minimum absolute atomic E-state index is 0.0710. The molecule has 1 saturated carbocycles. The maximum atomic E-state index is 12.7. The van der Waals surface area contributed by atoms with Gasteiger partial charge in [0.1, 0.15) is 5.69 Å². The van der Waals surface area contributed by atoms with Crippen LogP contribution in [0.3, 0.4) is 0 Å². The largest absolute Gasteiger partial charge is 0.337 e. The highest BCUT2D eigenvalue weighted by atomic mass is 16.1. The van der Waals surface area contributed by atoms with E-state index in [-0.39, 0.29) is 5.56 Å². The van der Waals surface area contributed by atoms with Gasteiger partial charge in [-0.3, -0.25) is 9.69 Å². The van der Waals surface area contributed by atoms with E-state index in [0.29, 0.717) is 0 Å². The second kappa shape index (κ2) is 7.89. The normalized spacial score (nSPS) is 17.0. The highest BCUT2D eigenvalue weighted by Gasteiger charge is 2.26. The van der Waals surface area contributed by atoms with Gasteiger partial charge in [-0.05, 0) is 67.0 Å². The number of nitrogens with zero attached hydrogens (tertiary/aromatic N) is 3. The Labute approximate surface area is 162 Å². The molecule has 0 atom stereocenters. The fourth-order valence-corrected chi connectivity index (χ4v) is 4.08. The minimum Gasteiger partial charge on any atom is -0.337 e. The first-order valence-corrected chi connectivity index (χ1v) is 10.4. The number of aryl methyl sites for hydroxylation is 1. The van der Waals surface area contributed by atoms with Crippen LogP contribution in [0.5, 0.6) is 0 Å². The molecule has 27 heavy (non-hydrogen) atoms. The lowest BCUT2D eigenvalue weighted by atomic mass is 9.98. The second-order valence-corrected chi connectivity index (χ2v) is 8.20. The summed E-state index contributed by atoms with van der Waals surface area (Å²) in [6.45, 7) is 6.56. The Kier molecular flexibility index (Phi) is 5.35. The molecule has 2 aromatic rings. The molecule has 0 N–H and O–H groups in total. The number of unbranched alkanes of at least 4 members (excludes halogenated alkanes) is 1. The zero-order chi connectivity index (χ0) is 18.8. The Hall–Kier alpha value is -2.07. The Morgan fingerprint density at radius 3 is 2.81 bits per heavy atom. The molecule has 1 aliphatic heterocycles. The van der Waals surface area contributed by atoms with E-state index in [1.165, 1.54) is 37.1 Å². The topological polar surface area (TPSA) is 28.5 Å². The molecular formula is C23H31N3O. The number of hydrogen-bond donors (Lipinski definition) is 0. The van der Waals surface area contributed by atoms with E-state index in [9.17, 15) is 4.79 Å². The number of benzene rings is 1. The fourth-order valence-electron chi connectivity index (χ4n) is 4.08. The zero-order valence-corrected chi connectivity index (χ0v) is 16.7. The summed E-state index contributed by atoms with van der Waals surface area (Å²) in [5.41, 5.74) is 4.91. The molecule has 0 radical (unpaired) electrons. The smallest absolute Gasteiger partial charge is 0.274 e. The van der Waals surface area contributed by atoms with E-state index >= 15 is 0 Å². The first kappa shape index (κ1) is 18.3. The van der Waals surface area contributed by atoms with Crippen LogP contribution in [0, 0.1) is 5.92 Å². The van der Waals surface area contributed by atoms with Gasteiger partial charge in [0.25, 0.3) is 5.56 Å². The highest BCUT2D eigenvalue weighted by molar-refractivity contribution is 5.64. The summed E-state index contributed by atoms with van der Waals surface area (Å²) in [4.78, 5) is 17.6. The van der Waals surface area contributed by atoms with Gasteiger partial charge in [-0.25, -0.2) is 0 Å². The molecule has 4 nitrogen and oxygen atoms in total. The molecule has 2 aliphatic rings. The highest BCUT2D eigenvalue weighted by Crippen LogP contribution is 2.33. The van der Waals surface area contributed by atoms with Crippen molar-refractivity contribution >= 4 is 11.4 Å². The van der Waals surface area contributed by atoms with Crippen molar-refractivity contribution in [3.63, 3.8) is 0 Å². The molecule has 1 fully saturated rings. The van der Waals surface area contributed by atoms with Crippen molar-refractivity contribution in [1.29, 1.82) is 0 Å². The van der Waals surface area contributed by atoms with Gasteiger partial charge in [-0.2, -0.15) is 0 Å². The number of pyridine rings is 1. The standard InChI is InChI=1S/C23H31N3O/c1-3-4-13-26(22-6-5-12-24(2)23(22)27)21-10-9-19-11-14-25(16-18-7-8-18)17-20(19)15-21/h5-6,9-10,12,15,18H,3-4,7-8,11,13-14,16-17H2,1-2H3. The van der Waals surface area contributed by atoms with Gasteiger partial charge in [-0.15, -0.1) is 0 Å². The predicted molar refractivity (Wildman–Crippen MR) is 112 cm³/mol. The lowest BCUT2D eigenvalue weighted by Crippen LogP contribution is -2.33. The Morgan fingerprint density at radius 1 is 1.19 bits per heavy atom. The average molecular weight is 366 g/mol. The van der Waals surface area contributed by atoms with Crippen LogP contribution in [0.2, 0.25) is 0 Å². The third-order valence-corrected chi connectivity index (χ3v) is 5.94. The van der Waals surface area contributed by atoms with E-state index in [1.54, 1.807) is 4.57 Å². The van der Waals surface area contributed by atoms with Gasteiger partial charge < -0.3 is 9.47 Å². The van der Waals surface area contributed by atoms with Crippen LogP contribution in [0.25, 0.3) is 0 Å². The molecule has 0 bridgehead atoms. The summed E-state index contributed by atoms with van der Waals surface area (Å²) in [5, 5.41) is 0. The van der Waals surface area contributed by atoms with Crippen molar-refractivity contribution in [3.05, 3.63) is 58.0 Å². The molecule has 0 amide bonds. The monoisotopic (exact) mass is 365 g/mol. The van der Waals surface area contributed by atoms with E-state index < -0.39 is 0 Å². The minimum atomic E-state index is 0.0710. The number of rotatable bonds is 7. The average Bonchev–Trinajstić information content (AvgIpc) is 3.49. The van der Waals surface area contributed by atoms with Gasteiger partial charge >= 0.3 is 0 Å². The maximum Gasteiger partial charge on any atom is 0.274 e. The van der Waals surface area contributed by atoms with Crippen molar-refractivity contribution in [2.75, 3.05) is 24.5 Å². The van der Waals surface area contributed by atoms with Crippen LogP contribution in [-0.4, -0.2) is 29.1 Å². The summed E-state index contributed by atoms with van der Waals surface area (Å²) in [7, 11) is 1.83.